The van der Waals surface area contributed by atoms with Gasteiger partial charge in [-0.05, 0) is 26.0 Å². The Morgan fingerprint density at radius 3 is 2.65 bits per heavy atom. The fourth-order valence-corrected chi connectivity index (χ4v) is 1.41. The summed E-state index contributed by atoms with van der Waals surface area (Å²) in [5.74, 6) is -1.27. The quantitative estimate of drug-likeness (QED) is 0.357. The number of nitrogens with one attached hydrogen (secondary N) is 1. The lowest BCUT2D eigenvalue weighted by Gasteiger charge is -2.09. The summed E-state index contributed by atoms with van der Waals surface area (Å²) in [5.41, 5.74) is 4.94. The summed E-state index contributed by atoms with van der Waals surface area (Å²) in [7, 11) is 0. The van der Waals surface area contributed by atoms with E-state index in [0.29, 0.717) is 0 Å². The molecular weight excluding hydrogens is 266 g/mol. The molecule has 8 heteroatoms. The van der Waals surface area contributed by atoms with Crippen LogP contribution >= 0.6 is 0 Å². The minimum Gasteiger partial charge on any atom is -0.452 e. The number of nitrogens with two attached hydrogens (primary N) is 1. The number of rotatable bonds is 5. The second-order valence-corrected chi connectivity index (χ2v) is 4.33. The molecule has 1 rings (SSSR count). The van der Waals surface area contributed by atoms with Crippen molar-refractivity contribution in [3.05, 3.63) is 33.9 Å². The summed E-state index contributed by atoms with van der Waals surface area (Å²) in [6.45, 7) is 3.08. The van der Waals surface area contributed by atoms with Crippen molar-refractivity contribution >= 4 is 23.3 Å². The smallest absolute Gasteiger partial charge is 0.338 e. The summed E-state index contributed by atoms with van der Waals surface area (Å²) >= 11 is 0. The van der Waals surface area contributed by atoms with Crippen LogP contribution in [0.5, 0.6) is 0 Å². The molecule has 20 heavy (non-hydrogen) atoms. The molecule has 8 nitrogen and oxygen atoms in total. The van der Waals surface area contributed by atoms with Gasteiger partial charge in [0.2, 0.25) is 0 Å². The van der Waals surface area contributed by atoms with Crippen molar-refractivity contribution < 1.29 is 19.2 Å². The third-order valence-electron chi connectivity index (χ3n) is 2.25. The molecule has 1 aromatic rings. The third-order valence-corrected chi connectivity index (χ3v) is 2.25. The highest BCUT2D eigenvalue weighted by Gasteiger charge is 2.17. The van der Waals surface area contributed by atoms with Crippen molar-refractivity contribution in [2.45, 2.75) is 19.9 Å². The van der Waals surface area contributed by atoms with E-state index in [4.69, 9.17) is 10.5 Å². The zero-order valence-corrected chi connectivity index (χ0v) is 11.1. The number of amides is 1. The number of carbonyl (C=O) groups excluding carboxylic acids is 2. The summed E-state index contributed by atoms with van der Waals surface area (Å²) in [4.78, 5) is 33.0. The van der Waals surface area contributed by atoms with Gasteiger partial charge >= 0.3 is 5.97 Å². The second kappa shape index (κ2) is 6.50. The topological polar surface area (TPSA) is 125 Å². The van der Waals surface area contributed by atoms with E-state index in [9.17, 15) is 19.7 Å². The first-order chi connectivity index (χ1) is 9.31. The lowest BCUT2D eigenvalue weighted by atomic mass is 10.2. The number of hydrogen-bond donors (Lipinski definition) is 2. The fraction of sp³-hybridized carbons (Fsp3) is 0.333. The zero-order chi connectivity index (χ0) is 15.3. The van der Waals surface area contributed by atoms with E-state index in [1.807, 2.05) is 0 Å². The summed E-state index contributed by atoms with van der Waals surface area (Å²) in [6, 6.07) is 3.48. The number of carbonyl (C=O) groups is 2. The molecular formula is C12H15N3O5. The molecule has 0 saturated heterocycles. The Hall–Kier alpha value is -2.64. The molecule has 0 heterocycles. The Morgan fingerprint density at radius 1 is 1.45 bits per heavy atom. The van der Waals surface area contributed by atoms with E-state index < -0.39 is 23.4 Å². The molecule has 0 aliphatic heterocycles. The van der Waals surface area contributed by atoms with Crippen LogP contribution in [0.1, 0.15) is 24.2 Å². The molecule has 1 aromatic carbocycles. The first-order valence-corrected chi connectivity index (χ1v) is 5.81. The van der Waals surface area contributed by atoms with Gasteiger partial charge in [0.25, 0.3) is 11.6 Å². The molecule has 0 atom stereocenters. The highest BCUT2D eigenvalue weighted by atomic mass is 16.6. The largest absolute Gasteiger partial charge is 0.452 e. The van der Waals surface area contributed by atoms with Gasteiger partial charge in [-0.1, -0.05) is 0 Å². The average Bonchev–Trinajstić information content (AvgIpc) is 2.35. The predicted octanol–water partition coefficient (Wildman–Crippen LogP) is 0.858. The first-order valence-electron chi connectivity index (χ1n) is 5.81. The van der Waals surface area contributed by atoms with E-state index in [1.165, 1.54) is 12.1 Å². The lowest BCUT2D eigenvalue weighted by Crippen LogP contribution is -2.33. The second-order valence-electron chi connectivity index (χ2n) is 4.33. The highest BCUT2D eigenvalue weighted by molar-refractivity contribution is 5.92. The van der Waals surface area contributed by atoms with Crippen LogP contribution in [0.15, 0.2) is 18.2 Å². The minimum atomic E-state index is -0.827. The number of nitrogens with zero attached hydrogens (tertiary/aromatic N) is 1. The normalized spacial score (nSPS) is 10.2. The molecule has 0 aliphatic rings. The molecule has 0 saturated carbocycles. The summed E-state index contributed by atoms with van der Waals surface area (Å²) in [5, 5.41) is 13.2. The number of ether oxygens (including phenoxy) is 1. The number of nitro groups is 1. The number of esters is 1. The van der Waals surface area contributed by atoms with Crippen molar-refractivity contribution in [1.29, 1.82) is 0 Å². The Balaban J connectivity index is 2.71. The number of anilines is 1. The van der Waals surface area contributed by atoms with Crippen LogP contribution in [0, 0.1) is 10.1 Å². The highest BCUT2D eigenvalue weighted by Crippen LogP contribution is 2.22. The van der Waals surface area contributed by atoms with Gasteiger partial charge in [-0.2, -0.15) is 0 Å². The van der Waals surface area contributed by atoms with Gasteiger partial charge in [0.15, 0.2) is 6.61 Å². The monoisotopic (exact) mass is 281 g/mol. The molecule has 0 aliphatic carbocycles. The van der Waals surface area contributed by atoms with Gasteiger partial charge in [-0.25, -0.2) is 4.79 Å². The van der Waals surface area contributed by atoms with Gasteiger partial charge in [-0.3, -0.25) is 14.9 Å². The average molecular weight is 281 g/mol. The molecule has 0 spiro atoms. The van der Waals surface area contributed by atoms with Crippen molar-refractivity contribution in [3.8, 4) is 0 Å². The maximum absolute atomic E-state index is 11.7. The van der Waals surface area contributed by atoms with Crippen molar-refractivity contribution in [1.82, 2.24) is 5.32 Å². The Bertz CT molecular complexity index is 542. The zero-order valence-electron chi connectivity index (χ0n) is 11.1. The number of benzene rings is 1. The number of hydrogen-bond acceptors (Lipinski definition) is 6. The van der Waals surface area contributed by atoms with E-state index in [2.05, 4.69) is 5.32 Å². The SMILES string of the molecule is CC(C)NC(=O)COC(=O)c1ccc(N)c([N+](=O)[O-])c1. The third kappa shape index (κ3) is 4.23. The molecule has 0 fully saturated rings. The molecule has 1 amide bonds. The van der Waals surface area contributed by atoms with Crippen molar-refractivity contribution in [3.63, 3.8) is 0 Å². The molecule has 0 bridgehead atoms. The maximum Gasteiger partial charge on any atom is 0.338 e. The van der Waals surface area contributed by atoms with Crippen LogP contribution in [0.4, 0.5) is 11.4 Å². The molecule has 0 unspecified atom stereocenters. The van der Waals surface area contributed by atoms with Crippen LogP contribution in [-0.2, 0) is 9.53 Å². The van der Waals surface area contributed by atoms with Crippen molar-refractivity contribution in [2.75, 3.05) is 12.3 Å². The van der Waals surface area contributed by atoms with Crippen LogP contribution in [-0.4, -0.2) is 29.4 Å². The molecule has 3 N–H and O–H groups in total. The van der Waals surface area contributed by atoms with Crippen LogP contribution in [0.3, 0.4) is 0 Å². The summed E-state index contributed by atoms with van der Waals surface area (Å²) < 4.78 is 4.75. The number of nitro benzene ring substituents is 1. The van der Waals surface area contributed by atoms with E-state index in [0.717, 1.165) is 6.07 Å². The Kier molecular flexibility index (Phi) is 5.01. The molecule has 108 valence electrons. The van der Waals surface area contributed by atoms with Gasteiger partial charge in [0.05, 0.1) is 10.5 Å². The standard InChI is InChI=1S/C12H15N3O5/c1-7(2)14-11(16)6-20-12(17)8-3-4-9(13)10(5-8)15(18)19/h3-5,7H,6,13H2,1-2H3,(H,14,16). The van der Waals surface area contributed by atoms with Gasteiger partial charge in [-0.15, -0.1) is 0 Å². The predicted molar refractivity (Wildman–Crippen MR) is 71.1 cm³/mol. The van der Waals surface area contributed by atoms with Crippen LogP contribution < -0.4 is 11.1 Å². The summed E-state index contributed by atoms with van der Waals surface area (Å²) in [6.07, 6.45) is 0. The lowest BCUT2D eigenvalue weighted by molar-refractivity contribution is -0.383. The first kappa shape index (κ1) is 15.4. The Labute approximate surface area is 115 Å². The van der Waals surface area contributed by atoms with Crippen LogP contribution in [0.25, 0.3) is 0 Å². The van der Waals surface area contributed by atoms with Crippen LogP contribution in [0.2, 0.25) is 0 Å². The van der Waals surface area contributed by atoms with Gasteiger partial charge in [0, 0.05) is 12.1 Å². The Morgan fingerprint density at radius 2 is 2.10 bits per heavy atom. The van der Waals surface area contributed by atoms with E-state index >= 15 is 0 Å². The fourth-order valence-electron chi connectivity index (χ4n) is 1.41. The van der Waals surface area contributed by atoms with Gasteiger partial charge in [0.1, 0.15) is 5.69 Å². The molecule has 0 radical (unpaired) electrons. The van der Waals surface area contributed by atoms with E-state index in [1.54, 1.807) is 13.8 Å². The maximum atomic E-state index is 11.7. The number of nitrogen functional groups attached to an aromatic ring is 1. The molecule has 0 aromatic heterocycles. The minimum absolute atomic E-state index is 0.0387. The van der Waals surface area contributed by atoms with E-state index in [-0.39, 0.29) is 23.0 Å². The van der Waals surface area contributed by atoms with Gasteiger partial charge < -0.3 is 15.8 Å². The van der Waals surface area contributed by atoms with Crippen molar-refractivity contribution in [2.24, 2.45) is 0 Å².